The summed E-state index contributed by atoms with van der Waals surface area (Å²) in [5.41, 5.74) is 0.342. The molecule has 82 valence electrons. The SMILES string of the molecule is O=C1CCCN1n1ccc2c(=O)[nH]cnc21. The Morgan fingerprint density at radius 2 is 2.25 bits per heavy atom. The molecule has 1 aliphatic rings. The fraction of sp³-hybridized carbons (Fsp3) is 0.300. The van der Waals surface area contributed by atoms with Gasteiger partial charge in [0.15, 0.2) is 5.65 Å². The Morgan fingerprint density at radius 1 is 1.38 bits per heavy atom. The highest BCUT2D eigenvalue weighted by Crippen LogP contribution is 2.14. The average molecular weight is 218 g/mol. The molecule has 1 aliphatic heterocycles. The lowest BCUT2D eigenvalue weighted by Gasteiger charge is -2.17. The highest BCUT2D eigenvalue weighted by Gasteiger charge is 2.23. The van der Waals surface area contributed by atoms with Crippen molar-refractivity contribution in [3.8, 4) is 0 Å². The first-order valence-electron chi connectivity index (χ1n) is 5.13. The van der Waals surface area contributed by atoms with Gasteiger partial charge in [0.05, 0.1) is 11.7 Å². The molecule has 2 aromatic rings. The van der Waals surface area contributed by atoms with Gasteiger partial charge in [-0.1, -0.05) is 0 Å². The molecule has 0 bridgehead atoms. The molecule has 0 unspecified atom stereocenters. The zero-order valence-corrected chi connectivity index (χ0v) is 8.51. The van der Waals surface area contributed by atoms with Crippen LogP contribution < -0.4 is 10.6 Å². The Kier molecular flexibility index (Phi) is 1.82. The number of hydrogen-bond donors (Lipinski definition) is 1. The smallest absolute Gasteiger partial charge is 0.260 e. The number of nitrogens with zero attached hydrogens (tertiary/aromatic N) is 3. The number of fused-ring (bicyclic) bond motifs is 1. The molecule has 0 spiro atoms. The van der Waals surface area contributed by atoms with Gasteiger partial charge in [0.2, 0.25) is 5.91 Å². The van der Waals surface area contributed by atoms with Crippen molar-refractivity contribution in [3.05, 3.63) is 28.9 Å². The minimum absolute atomic E-state index is 0.0691. The molecule has 1 N–H and O–H groups in total. The summed E-state index contributed by atoms with van der Waals surface area (Å²) in [6.45, 7) is 0.678. The minimum Gasteiger partial charge on any atom is -0.313 e. The summed E-state index contributed by atoms with van der Waals surface area (Å²) in [4.78, 5) is 29.7. The summed E-state index contributed by atoms with van der Waals surface area (Å²) in [5, 5.41) is 2.12. The number of carbonyl (C=O) groups excluding carboxylic acids is 1. The molecule has 1 fully saturated rings. The van der Waals surface area contributed by atoms with E-state index in [4.69, 9.17) is 0 Å². The fourth-order valence-electron chi connectivity index (χ4n) is 2.01. The van der Waals surface area contributed by atoms with Crippen molar-refractivity contribution in [2.75, 3.05) is 11.6 Å². The highest BCUT2D eigenvalue weighted by atomic mass is 16.2. The molecule has 6 heteroatoms. The second-order valence-corrected chi connectivity index (χ2v) is 3.75. The molecule has 1 amide bonds. The van der Waals surface area contributed by atoms with Crippen molar-refractivity contribution in [1.82, 2.24) is 14.6 Å². The van der Waals surface area contributed by atoms with E-state index in [1.807, 2.05) is 0 Å². The molecule has 0 atom stereocenters. The second kappa shape index (κ2) is 3.19. The first kappa shape index (κ1) is 9.14. The Balaban J connectivity index is 2.21. The summed E-state index contributed by atoms with van der Waals surface area (Å²) in [7, 11) is 0. The Morgan fingerprint density at radius 3 is 3.00 bits per heavy atom. The van der Waals surface area contributed by atoms with E-state index in [2.05, 4.69) is 9.97 Å². The number of amides is 1. The number of nitrogens with one attached hydrogen (secondary N) is 1. The van der Waals surface area contributed by atoms with Crippen molar-refractivity contribution in [1.29, 1.82) is 0 Å². The van der Waals surface area contributed by atoms with Crippen LogP contribution in [0.15, 0.2) is 23.4 Å². The normalized spacial score (nSPS) is 16.2. The molecule has 6 nitrogen and oxygen atoms in total. The van der Waals surface area contributed by atoms with E-state index in [1.165, 1.54) is 6.33 Å². The molecule has 0 saturated carbocycles. The van der Waals surface area contributed by atoms with E-state index in [0.29, 0.717) is 24.0 Å². The van der Waals surface area contributed by atoms with Gasteiger partial charge in [0, 0.05) is 19.2 Å². The summed E-state index contributed by atoms with van der Waals surface area (Å²) in [5.74, 6) is 0.0691. The van der Waals surface area contributed by atoms with E-state index in [9.17, 15) is 9.59 Å². The quantitative estimate of drug-likeness (QED) is 0.731. The van der Waals surface area contributed by atoms with Crippen LogP contribution in [0.25, 0.3) is 11.0 Å². The summed E-state index contributed by atoms with van der Waals surface area (Å²) >= 11 is 0. The topological polar surface area (TPSA) is 71.0 Å². The van der Waals surface area contributed by atoms with Crippen molar-refractivity contribution in [2.45, 2.75) is 12.8 Å². The van der Waals surface area contributed by atoms with E-state index >= 15 is 0 Å². The van der Waals surface area contributed by atoms with Crippen LogP contribution in [-0.2, 0) is 4.79 Å². The van der Waals surface area contributed by atoms with Crippen molar-refractivity contribution < 1.29 is 4.79 Å². The largest absolute Gasteiger partial charge is 0.313 e. The molecule has 0 aromatic carbocycles. The lowest BCUT2D eigenvalue weighted by Crippen LogP contribution is -2.35. The van der Waals surface area contributed by atoms with Crippen LogP contribution in [0, 0.1) is 0 Å². The predicted octanol–water partition coefficient (Wildman–Crippen LogP) is -0.0170. The van der Waals surface area contributed by atoms with E-state index < -0.39 is 0 Å². The number of rotatable bonds is 1. The predicted molar refractivity (Wildman–Crippen MR) is 57.7 cm³/mol. The first-order chi connectivity index (χ1) is 7.77. The maximum Gasteiger partial charge on any atom is 0.260 e. The minimum atomic E-state index is -0.185. The summed E-state index contributed by atoms with van der Waals surface area (Å²) in [6.07, 6.45) is 4.46. The third-order valence-corrected chi connectivity index (χ3v) is 2.78. The molecule has 3 rings (SSSR count). The standard InChI is InChI=1S/C10H10N4O2/c15-8-2-1-4-13(8)14-5-3-7-9(14)11-6-12-10(7)16/h3,5-6H,1-2,4H2,(H,11,12,16). The Bertz CT molecular complexity index is 613. The highest BCUT2D eigenvalue weighted by molar-refractivity contribution is 5.90. The number of hydrogen-bond acceptors (Lipinski definition) is 3. The van der Waals surface area contributed by atoms with Crippen molar-refractivity contribution in [2.24, 2.45) is 0 Å². The van der Waals surface area contributed by atoms with Gasteiger partial charge in [0.25, 0.3) is 5.56 Å². The van der Waals surface area contributed by atoms with Crippen LogP contribution in [0.3, 0.4) is 0 Å². The molecular formula is C10H10N4O2. The maximum atomic E-state index is 11.6. The van der Waals surface area contributed by atoms with Crippen molar-refractivity contribution in [3.63, 3.8) is 0 Å². The summed E-state index contributed by atoms with van der Waals surface area (Å²) in [6, 6.07) is 1.67. The van der Waals surface area contributed by atoms with Gasteiger partial charge in [-0.05, 0) is 12.5 Å². The van der Waals surface area contributed by atoms with Crippen LogP contribution in [0.1, 0.15) is 12.8 Å². The number of aromatic amines is 1. The van der Waals surface area contributed by atoms with Crippen LogP contribution in [-0.4, -0.2) is 27.1 Å². The number of aromatic nitrogens is 3. The van der Waals surface area contributed by atoms with Crippen LogP contribution in [0.4, 0.5) is 0 Å². The third kappa shape index (κ3) is 1.16. The molecule has 2 aromatic heterocycles. The van der Waals surface area contributed by atoms with Gasteiger partial charge in [-0.3, -0.25) is 9.59 Å². The van der Waals surface area contributed by atoms with Gasteiger partial charge >= 0.3 is 0 Å². The van der Waals surface area contributed by atoms with Gasteiger partial charge < -0.3 is 4.98 Å². The lowest BCUT2D eigenvalue weighted by molar-refractivity contribution is -0.118. The number of carbonyl (C=O) groups is 1. The first-order valence-corrected chi connectivity index (χ1v) is 5.13. The average Bonchev–Trinajstić information content (AvgIpc) is 2.84. The zero-order chi connectivity index (χ0) is 11.1. The zero-order valence-electron chi connectivity index (χ0n) is 8.51. The molecule has 0 aliphatic carbocycles. The van der Waals surface area contributed by atoms with E-state index in [1.54, 1.807) is 21.9 Å². The van der Waals surface area contributed by atoms with Crippen LogP contribution >= 0.6 is 0 Å². The van der Waals surface area contributed by atoms with Crippen LogP contribution in [0.5, 0.6) is 0 Å². The Labute approximate surface area is 90.5 Å². The number of H-pyrrole nitrogens is 1. The van der Waals surface area contributed by atoms with Gasteiger partial charge in [-0.2, -0.15) is 0 Å². The third-order valence-electron chi connectivity index (χ3n) is 2.78. The summed E-state index contributed by atoms with van der Waals surface area (Å²) < 4.78 is 1.65. The second-order valence-electron chi connectivity index (χ2n) is 3.75. The van der Waals surface area contributed by atoms with Crippen LogP contribution in [0.2, 0.25) is 0 Å². The molecule has 1 saturated heterocycles. The molecule has 0 radical (unpaired) electrons. The molecule has 3 heterocycles. The fourth-order valence-corrected chi connectivity index (χ4v) is 2.01. The van der Waals surface area contributed by atoms with E-state index in [-0.39, 0.29) is 11.5 Å². The van der Waals surface area contributed by atoms with Crippen molar-refractivity contribution >= 4 is 16.9 Å². The van der Waals surface area contributed by atoms with Gasteiger partial charge in [0.1, 0.15) is 0 Å². The van der Waals surface area contributed by atoms with E-state index in [0.717, 1.165) is 6.42 Å². The Hall–Kier alpha value is -2.11. The molecule has 16 heavy (non-hydrogen) atoms. The molecular weight excluding hydrogens is 208 g/mol. The lowest BCUT2D eigenvalue weighted by atomic mass is 10.4. The van der Waals surface area contributed by atoms with Gasteiger partial charge in [-0.25, -0.2) is 14.7 Å². The monoisotopic (exact) mass is 218 g/mol. The van der Waals surface area contributed by atoms with Gasteiger partial charge in [-0.15, -0.1) is 0 Å². The maximum absolute atomic E-state index is 11.6.